The van der Waals surface area contributed by atoms with Gasteiger partial charge in [0.05, 0.1) is 0 Å². The Hall–Kier alpha value is -1.31. The summed E-state index contributed by atoms with van der Waals surface area (Å²) in [6, 6.07) is 7.57. The van der Waals surface area contributed by atoms with E-state index in [0.29, 0.717) is 24.1 Å². The number of nitrogens with two attached hydrogens (primary N) is 1. The van der Waals surface area contributed by atoms with Crippen molar-refractivity contribution in [3.63, 3.8) is 0 Å². The molecule has 0 spiro atoms. The molecule has 21 heavy (non-hydrogen) atoms. The second-order valence-corrected chi connectivity index (χ2v) is 5.16. The van der Waals surface area contributed by atoms with Crippen LogP contribution in [0.5, 0.6) is 0 Å². The number of carbonyl (C=O) groups excluding carboxylic acids is 1. The van der Waals surface area contributed by atoms with E-state index in [1.807, 2.05) is 12.1 Å². The lowest BCUT2D eigenvalue weighted by Gasteiger charge is -2.20. The number of hydrogen-bond donors (Lipinski definition) is 3. The predicted octanol–water partition coefficient (Wildman–Crippen LogP) is 2.11. The minimum Gasteiger partial charge on any atom is -0.366 e. The van der Waals surface area contributed by atoms with Crippen molar-refractivity contribution in [2.24, 2.45) is 16.6 Å². The van der Waals surface area contributed by atoms with E-state index in [1.54, 1.807) is 19.2 Å². The van der Waals surface area contributed by atoms with Gasteiger partial charge in [0, 0.05) is 25.2 Å². The van der Waals surface area contributed by atoms with Crippen LogP contribution in [0.25, 0.3) is 0 Å². The molecule has 0 aliphatic carbocycles. The highest BCUT2D eigenvalue weighted by Gasteiger charge is 2.08. The summed E-state index contributed by atoms with van der Waals surface area (Å²) in [7, 11) is 1.75. The third kappa shape index (κ3) is 6.79. The van der Waals surface area contributed by atoms with Crippen LogP contribution < -0.4 is 16.4 Å². The van der Waals surface area contributed by atoms with E-state index in [1.165, 1.54) is 0 Å². The van der Waals surface area contributed by atoms with Gasteiger partial charge in [-0.1, -0.05) is 26.0 Å². The van der Waals surface area contributed by atoms with Crippen LogP contribution in [0.4, 0.5) is 0 Å². The lowest BCUT2D eigenvalue weighted by atomic mass is 10.1. The Labute approximate surface area is 143 Å². The van der Waals surface area contributed by atoms with Crippen molar-refractivity contribution in [1.29, 1.82) is 0 Å². The van der Waals surface area contributed by atoms with Crippen LogP contribution in [0.2, 0.25) is 0 Å². The molecular formula is C15H25IN4O. The van der Waals surface area contributed by atoms with E-state index in [0.717, 1.165) is 11.5 Å². The zero-order chi connectivity index (χ0) is 15.1. The van der Waals surface area contributed by atoms with Gasteiger partial charge in [0.2, 0.25) is 5.91 Å². The van der Waals surface area contributed by atoms with E-state index >= 15 is 0 Å². The largest absolute Gasteiger partial charge is 0.366 e. The second-order valence-electron chi connectivity index (χ2n) is 5.16. The van der Waals surface area contributed by atoms with Gasteiger partial charge in [-0.15, -0.1) is 24.0 Å². The third-order valence-corrected chi connectivity index (χ3v) is 3.29. The molecule has 1 aromatic carbocycles. The fraction of sp³-hybridized carbons (Fsp3) is 0.467. The van der Waals surface area contributed by atoms with Crippen molar-refractivity contribution in [1.82, 2.24) is 10.6 Å². The van der Waals surface area contributed by atoms with Crippen LogP contribution in [0.1, 0.15) is 36.7 Å². The van der Waals surface area contributed by atoms with Crippen molar-refractivity contribution in [3.05, 3.63) is 35.4 Å². The normalized spacial score (nSPS) is 12.5. The number of aliphatic imine (C=N–C) groups is 1. The molecule has 0 saturated carbocycles. The summed E-state index contributed by atoms with van der Waals surface area (Å²) >= 11 is 0. The molecule has 4 N–H and O–H groups in total. The Kier molecular flexibility index (Phi) is 9.00. The second kappa shape index (κ2) is 9.59. The third-order valence-electron chi connectivity index (χ3n) is 3.29. The lowest BCUT2D eigenvalue weighted by molar-refractivity contribution is 0.100. The van der Waals surface area contributed by atoms with Crippen LogP contribution in [-0.2, 0) is 6.54 Å². The van der Waals surface area contributed by atoms with Crippen molar-refractivity contribution in [2.45, 2.75) is 33.4 Å². The lowest BCUT2D eigenvalue weighted by Crippen LogP contribution is -2.43. The van der Waals surface area contributed by atoms with Gasteiger partial charge in [-0.25, -0.2) is 0 Å². The highest BCUT2D eigenvalue weighted by Crippen LogP contribution is 2.04. The van der Waals surface area contributed by atoms with E-state index in [4.69, 9.17) is 5.73 Å². The number of halogens is 1. The maximum atomic E-state index is 11.0. The van der Waals surface area contributed by atoms with Crippen LogP contribution >= 0.6 is 24.0 Å². The average molecular weight is 404 g/mol. The fourth-order valence-electron chi connectivity index (χ4n) is 1.55. The van der Waals surface area contributed by atoms with Gasteiger partial charge in [-0.3, -0.25) is 9.79 Å². The highest BCUT2D eigenvalue weighted by atomic mass is 127. The first-order valence-corrected chi connectivity index (χ1v) is 6.80. The first-order valence-electron chi connectivity index (χ1n) is 6.80. The van der Waals surface area contributed by atoms with Crippen molar-refractivity contribution in [3.8, 4) is 0 Å². The monoisotopic (exact) mass is 404 g/mol. The number of hydrogen-bond acceptors (Lipinski definition) is 2. The van der Waals surface area contributed by atoms with E-state index in [-0.39, 0.29) is 24.0 Å². The van der Waals surface area contributed by atoms with E-state index < -0.39 is 5.91 Å². The maximum absolute atomic E-state index is 11.0. The van der Waals surface area contributed by atoms with Crippen LogP contribution in [0.15, 0.2) is 29.3 Å². The Bertz CT molecular complexity index is 471. The van der Waals surface area contributed by atoms with Gasteiger partial charge < -0.3 is 16.4 Å². The Morgan fingerprint density at radius 2 is 1.81 bits per heavy atom. The Morgan fingerprint density at radius 3 is 2.24 bits per heavy atom. The van der Waals surface area contributed by atoms with Crippen LogP contribution in [0, 0.1) is 5.92 Å². The fourth-order valence-corrected chi connectivity index (χ4v) is 1.55. The van der Waals surface area contributed by atoms with Gasteiger partial charge in [0.15, 0.2) is 5.96 Å². The van der Waals surface area contributed by atoms with Crippen molar-refractivity contribution < 1.29 is 4.79 Å². The van der Waals surface area contributed by atoms with Gasteiger partial charge >= 0.3 is 0 Å². The number of benzene rings is 1. The Morgan fingerprint density at radius 1 is 1.24 bits per heavy atom. The first kappa shape index (κ1) is 19.7. The molecule has 0 saturated heterocycles. The molecule has 0 heterocycles. The maximum Gasteiger partial charge on any atom is 0.248 e. The molecule has 5 nitrogen and oxygen atoms in total. The zero-order valence-corrected chi connectivity index (χ0v) is 15.3. The number of amides is 1. The molecule has 0 aliphatic rings. The summed E-state index contributed by atoms with van der Waals surface area (Å²) in [6.07, 6.45) is 0. The van der Waals surface area contributed by atoms with Gasteiger partial charge in [0.1, 0.15) is 0 Å². The summed E-state index contributed by atoms with van der Waals surface area (Å²) in [6.45, 7) is 7.09. The molecule has 0 aromatic heterocycles. The first-order chi connectivity index (χ1) is 9.43. The molecule has 1 unspecified atom stereocenters. The number of nitrogens with one attached hydrogen (secondary N) is 2. The summed E-state index contributed by atoms with van der Waals surface area (Å²) in [5.41, 5.74) is 6.79. The molecule has 1 amide bonds. The molecular weight excluding hydrogens is 379 g/mol. The molecule has 0 aliphatic heterocycles. The number of guanidine groups is 1. The minimum atomic E-state index is -0.409. The SMILES string of the molecule is CN=C(NCc1ccc(C(N)=O)cc1)NC(C)C(C)C.I. The molecule has 0 bridgehead atoms. The van der Waals surface area contributed by atoms with Gasteiger partial charge in [-0.2, -0.15) is 0 Å². The number of carbonyl (C=O) groups is 1. The van der Waals surface area contributed by atoms with Gasteiger partial charge in [-0.05, 0) is 30.5 Å². The molecule has 0 fully saturated rings. The quantitative estimate of drug-likeness (QED) is 0.400. The van der Waals surface area contributed by atoms with E-state index in [2.05, 4.69) is 36.4 Å². The van der Waals surface area contributed by atoms with E-state index in [9.17, 15) is 4.79 Å². The van der Waals surface area contributed by atoms with Crippen molar-refractivity contribution >= 4 is 35.8 Å². The average Bonchev–Trinajstić information content (AvgIpc) is 2.43. The molecule has 118 valence electrons. The summed E-state index contributed by atoms with van der Waals surface area (Å²) in [4.78, 5) is 15.2. The number of nitrogens with zero attached hydrogens (tertiary/aromatic N) is 1. The highest BCUT2D eigenvalue weighted by molar-refractivity contribution is 14.0. The van der Waals surface area contributed by atoms with Crippen LogP contribution in [0.3, 0.4) is 0 Å². The van der Waals surface area contributed by atoms with Crippen molar-refractivity contribution in [2.75, 3.05) is 7.05 Å². The molecule has 1 aromatic rings. The zero-order valence-electron chi connectivity index (χ0n) is 13.0. The predicted molar refractivity (Wildman–Crippen MR) is 98.0 cm³/mol. The summed E-state index contributed by atoms with van der Waals surface area (Å²) in [5, 5.41) is 6.57. The number of rotatable bonds is 5. The molecule has 1 rings (SSSR count). The summed E-state index contributed by atoms with van der Waals surface area (Å²) in [5.74, 6) is 0.890. The van der Waals surface area contributed by atoms with Gasteiger partial charge in [0.25, 0.3) is 0 Å². The standard InChI is InChI=1S/C15H24N4O.HI/c1-10(2)11(3)19-15(17-4)18-9-12-5-7-13(8-6-12)14(16)20;/h5-8,10-11H,9H2,1-4H3,(H2,16,20)(H2,17,18,19);1H. The topological polar surface area (TPSA) is 79.5 Å². The smallest absolute Gasteiger partial charge is 0.248 e. The molecule has 1 atom stereocenters. The Balaban J connectivity index is 0.00000400. The summed E-state index contributed by atoms with van der Waals surface area (Å²) < 4.78 is 0. The molecule has 0 radical (unpaired) electrons. The van der Waals surface area contributed by atoms with Crippen LogP contribution in [-0.4, -0.2) is 25.0 Å². The number of primary amides is 1. The minimum absolute atomic E-state index is 0. The molecule has 6 heteroatoms.